The monoisotopic (exact) mass is 364 g/mol. The summed E-state index contributed by atoms with van der Waals surface area (Å²) < 4.78 is 0. The molecule has 8 nitrogen and oxygen atoms in total. The highest BCUT2D eigenvalue weighted by Crippen LogP contribution is 2.15. The Hall–Kier alpha value is -4.40. The van der Waals surface area contributed by atoms with Crippen molar-refractivity contribution in [2.45, 2.75) is 27.7 Å². The molecule has 0 fully saturated rings. The normalized spacial score (nSPS) is 10.0. The third-order valence-electron chi connectivity index (χ3n) is 4.51. The zero-order valence-corrected chi connectivity index (χ0v) is 15.6. The minimum Gasteiger partial charge on any atom is -0.249 e. The summed E-state index contributed by atoms with van der Waals surface area (Å²) in [4.78, 5) is 18.1. The molecule has 0 amide bonds. The molecule has 0 radical (unpaired) electrons. The summed E-state index contributed by atoms with van der Waals surface area (Å²) in [6.07, 6.45) is 0. The van der Waals surface area contributed by atoms with E-state index in [0.29, 0.717) is 22.8 Å². The van der Waals surface area contributed by atoms with Crippen molar-refractivity contribution in [3.8, 4) is 24.3 Å². The molecule has 132 valence electrons. The van der Waals surface area contributed by atoms with Crippen LogP contribution in [0.5, 0.6) is 0 Å². The first-order valence-corrected chi connectivity index (χ1v) is 8.18. The molecule has 0 unspecified atom stereocenters. The molecule has 3 rings (SSSR count). The number of nitrogens with zero attached hydrogens (tertiary/aromatic N) is 8. The van der Waals surface area contributed by atoms with E-state index in [9.17, 15) is 21.0 Å². The van der Waals surface area contributed by atoms with Crippen molar-refractivity contribution in [3.63, 3.8) is 0 Å². The van der Waals surface area contributed by atoms with E-state index in [2.05, 4.69) is 19.9 Å². The van der Waals surface area contributed by atoms with Crippen LogP contribution in [0.2, 0.25) is 0 Å². The van der Waals surface area contributed by atoms with Crippen LogP contribution < -0.4 is 10.4 Å². The van der Waals surface area contributed by atoms with Crippen LogP contribution >= 0.6 is 0 Å². The predicted molar refractivity (Wildman–Crippen MR) is 100 cm³/mol. The van der Waals surface area contributed by atoms with E-state index >= 15 is 0 Å². The van der Waals surface area contributed by atoms with Crippen LogP contribution in [0, 0.1) is 73.0 Å². The Balaban J connectivity index is 3.01. The maximum Gasteiger partial charge on any atom is 0.141 e. The van der Waals surface area contributed by atoms with E-state index in [0.717, 1.165) is 0 Å². The van der Waals surface area contributed by atoms with Gasteiger partial charge >= 0.3 is 0 Å². The van der Waals surface area contributed by atoms with Crippen molar-refractivity contribution in [1.29, 1.82) is 21.0 Å². The SMILES string of the molecule is Cc1nc2c(=C(C#N)C#N)c3nc(C)c(C)nc3c(=C(C#N)C#N)c2nc1C. The van der Waals surface area contributed by atoms with Gasteiger partial charge in [0.2, 0.25) is 0 Å². The fourth-order valence-electron chi connectivity index (χ4n) is 2.87. The maximum atomic E-state index is 9.50. The van der Waals surface area contributed by atoms with Gasteiger partial charge in [0.1, 0.15) is 57.5 Å². The minimum absolute atomic E-state index is 0.188. The maximum absolute atomic E-state index is 9.50. The van der Waals surface area contributed by atoms with Crippen LogP contribution in [0.4, 0.5) is 0 Å². The lowest BCUT2D eigenvalue weighted by atomic mass is 10.0. The van der Waals surface area contributed by atoms with Gasteiger partial charge in [-0.2, -0.15) is 21.0 Å². The van der Waals surface area contributed by atoms with Crippen LogP contribution in [-0.4, -0.2) is 19.9 Å². The van der Waals surface area contributed by atoms with Gasteiger partial charge in [-0.05, 0) is 27.7 Å². The number of fused-ring (bicyclic) bond motifs is 2. The second kappa shape index (κ2) is 6.72. The zero-order valence-electron chi connectivity index (χ0n) is 15.6. The highest BCUT2D eigenvalue weighted by Gasteiger charge is 2.18. The fourth-order valence-corrected chi connectivity index (χ4v) is 2.87. The van der Waals surface area contributed by atoms with Gasteiger partial charge in [-0.3, -0.25) is 0 Å². The van der Waals surface area contributed by atoms with Crippen LogP contribution in [0.25, 0.3) is 33.2 Å². The molecule has 0 atom stereocenters. The first kappa shape index (κ1) is 18.4. The molecule has 1 aromatic carbocycles. The van der Waals surface area contributed by atoms with Gasteiger partial charge in [-0.15, -0.1) is 0 Å². The van der Waals surface area contributed by atoms with Gasteiger partial charge < -0.3 is 0 Å². The Morgan fingerprint density at radius 2 is 0.714 bits per heavy atom. The zero-order chi connectivity index (χ0) is 20.6. The highest BCUT2D eigenvalue weighted by molar-refractivity contribution is 6.00. The van der Waals surface area contributed by atoms with Crippen molar-refractivity contribution in [3.05, 3.63) is 33.2 Å². The number of hydrogen-bond acceptors (Lipinski definition) is 8. The van der Waals surface area contributed by atoms with Crippen molar-refractivity contribution in [2.75, 3.05) is 0 Å². The molecule has 0 spiro atoms. The number of rotatable bonds is 0. The van der Waals surface area contributed by atoms with Crippen molar-refractivity contribution in [2.24, 2.45) is 0 Å². The summed E-state index contributed by atoms with van der Waals surface area (Å²) in [5.74, 6) is 0. The highest BCUT2D eigenvalue weighted by atomic mass is 14.9. The first-order chi connectivity index (χ1) is 13.4. The Bertz CT molecular complexity index is 1260. The molecular formula is C20H12N8. The number of aryl methyl sites for hydroxylation is 4. The summed E-state index contributed by atoms with van der Waals surface area (Å²) in [7, 11) is 0. The number of aromatic nitrogens is 4. The molecule has 0 N–H and O–H groups in total. The molecule has 0 aliphatic carbocycles. The second-order valence-electron chi connectivity index (χ2n) is 6.13. The summed E-state index contributed by atoms with van der Waals surface area (Å²) in [6.45, 7) is 7.00. The third kappa shape index (κ3) is 2.58. The van der Waals surface area contributed by atoms with Gasteiger partial charge in [-0.1, -0.05) is 0 Å². The van der Waals surface area contributed by atoms with E-state index < -0.39 is 0 Å². The van der Waals surface area contributed by atoms with E-state index in [1.54, 1.807) is 27.7 Å². The van der Waals surface area contributed by atoms with E-state index in [1.807, 2.05) is 24.3 Å². The van der Waals surface area contributed by atoms with Crippen LogP contribution in [0.15, 0.2) is 0 Å². The quantitative estimate of drug-likeness (QED) is 0.541. The molecule has 0 aliphatic rings. The van der Waals surface area contributed by atoms with Gasteiger partial charge in [0.15, 0.2) is 0 Å². The van der Waals surface area contributed by atoms with E-state index in [1.165, 1.54) is 0 Å². The number of hydrogen-bond donors (Lipinski definition) is 0. The molecule has 28 heavy (non-hydrogen) atoms. The first-order valence-electron chi connectivity index (χ1n) is 8.18. The van der Waals surface area contributed by atoms with Crippen molar-refractivity contribution < 1.29 is 0 Å². The molecule has 2 heterocycles. The van der Waals surface area contributed by atoms with Gasteiger partial charge in [0.25, 0.3) is 0 Å². The molecule has 2 aromatic heterocycles. The molecule has 0 saturated carbocycles. The summed E-state index contributed by atoms with van der Waals surface area (Å²) in [5.41, 5.74) is 2.98. The van der Waals surface area contributed by atoms with Crippen molar-refractivity contribution in [1.82, 2.24) is 19.9 Å². The smallest absolute Gasteiger partial charge is 0.141 e. The van der Waals surface area contributed by atoms with Gasteiger partial charge in [-0.25, -0.2) is 19.9 Å². The Morgan fingerprint density at radius 3 is 0.893 bits per heavy atom. The predicted octanol–water partition coefficient (Wildman–Crippen LogP) is 1.20. The largest absolute Gasteiger partial charge is 0.249 e. The number of nitriles is 4. The fraction of sp³-hybridized carbons (Fsp3) is 0.200. The number of benzene rings is 1. The van der Waals surface area contributed by atoms with E-state index in [-0.39, 0.29) is 43.7 Å². The second-order valence-corrected chi connectivity index (χ2v) is 6.13. The van der Waals surface area contributed by atoms with Gasteiger partial charge in [0, 0.05) is 0 Å². The average molecular weight is 364 g/mol. The Labute approximate surface area is 160 Å². The molecule has 8 heteroatoms. The minimum atomic E-state index is -0.188. The summed E-state index contributed by atoms with van der Waals surface area (Å²) in [5, 5.41) is 38.4. The Morgan fingerprint density at radius 1 is 0.500 bits per heavy atom. The van der Waals surface area contributed by atoms with Crippen molar-refractivity contribution >= 4 is 33.2 Å². The lowest BCUT2D eigenvalue weighted by molar-refractivity contribution is 1.08. The van der Waals surface area contributed by atoms with Crippen LogP contribution in [-0.2, 0) is 0 Å². The standard InChI is InChI=1S/C20H12N8/c1-9-10(2)26-18-16(14(7-23)8-24)20-19(27-11(3)12(4)28-20)15(17(18)25-9)13(5-21)6-22/h1-4H3. The summed E-state index contributed by atoms with van der Waals surface area (Å²) in [6, 6.07) is 7.52. The average Bonchev–Trinajstić information content (AvgIpc) is 2.68. The lowest BCUT2D eigenvalue weighted by Crippen LogP contribution is -2.24. The topological polar surface area (TPSA) is 147 Å². The van der Waals surface area contributed by atoms with Crippen LogP contribution in [0.3, 0.4) is 0 Å². The third-order valence-corrected chi connectivity index (χ3v) is 4.51. The van der Waals surface area contributed by atoms with E-state index in [4.69, 9.17) is 0 Å². The summed E-state index contributed by atoms with van der Waals surface area (Å²) >= 11 is 0. The Kier molecular flexibility index (Phi) is 4.42. The molecule has 0 bridgehead atoms. The molecule has 0 saturated heterocycles. The van der Waals surface area contributed by atoms with Gasteiger partial charge in [0.05, 0.1) is 33.2 Å². The molecular weight excluding hydrogens is 352 g/mol. The van der Waals surface area contributed by atoms with Crippen LogP contribution in [0.1, 0.15) is 22.8 Å². The lowest BCUT2D eigenvalue weighted by Gasteiger charge is -2.10. The molecule has 0 aliphatic heterocycles. The molecule has 3 aromatic rings.